The number of halogens is 3. The van der Waals surface area contributed by atoms with Gasteiger partial charge in [-0.15, -0.1) is 0 Å². The van der Waals surface area contributed by atoms with E-state index in [9.17, 15) is 8.78 Å². The highest BCUT2D eigenvalue weighted by atomic mass is 35.5. The monoisotopic (exact) mass is 319 g/mol. The van der Waals surface area contributed by atoms with Crippen LogP contribution in [0.2, 0.25) is 5.15 Å². The number of nitrogens with one attached hydrogen (secondary N) is 1. The van der Waals surface area contributed by atoms with Gasteiger partial charge in [-0.25, -0.2) is 18.7 Å². The Kier molecular flexibility index (Phi) is 4.15. The lowest BCUT2D eigenvalue weighted by atomic mass is 10.0. The Labute approximate surface area is 131 Å². The highest BCUT2D eigenvalue weighted by Crippen LogP contribution is 2.24. The van der Waals surface area contributed by atoms with E-state index in [0.717, 1.165) is 0 Å². The third-order valence-corrected chi connectivity index (χ3v) is 3.55. The SMILES string of the molecule is Fc1cc2ccccc2c(F)c1CCNc1cc(Cl)ncn1. The first-order valence-electron chi connectivity index (χ1n) is 6.72. The third kappa shape index (κ3) is 2.99. The summed E-state index contributed by atoms with van der Waals surface area (Å²) in [5.41, 5.74) is 0.0614. The molecule has 0 unspecified atom stereocenters. The van der Waals surface area contributed by atoms with Gasteiger partial charge in [0.05, 0.1) is 0 Å². The van der Waals surface area contributed by atoms with Gasteiger partial charge in [-0.2, -0.15) is 0 Å². The van der Waals surface area contributed by atoms with Crippen LogP contribution in [-0.2, 0) is 6.42 Å². The fraction of sp³-hybridized carbons (Fsp3) is 0.125. The average molecular weight is 320 g/mol. The molecule has 0 saturated heterocycles. The minimum absolute atomic E-state index is 0.0614. The summed E-state index contributed by atoms with van der Waals surface area (Å²) in [7, 11) is 0. The average Bonchev–Trinajstić information content (AvgIpc) is 2.51. The van der Waals surface area contributed by atoms with E-state index in [1.165, 1.54) is 12.4 Å². The van der Waals surface area contributed by atoms with Crippen LogP contribution in [0.3, 0.4) is 0 Å². The Hall–Kier alpha value is -2.27. The van der Waals surface area contributed by atoms with E-state index in [0.29, 0.717) is 28.3 Å². The fourth-order valence-electron chi connectivity index (χ4n) is 2.29. The molecule has 0 radical (unpaired) electrons. The molecular weight excluding hydrogens is 308 g/mol. The second-order valence-corrected chi connectivity index (χ2v) is 5.16. The van der Waals surface area contributed by atoms with Crippen molar-refractivity contribution in [2.24, 2.45) is 0 Å². The van der Waals surface area contributed by atoms with Crippen molar-refractivity contribution in [2.75, 3.05) is 11.9 Å². The molecule has 1 heterocycles. The zero-order chi connectivity index (χ0) is 15.5. The van der Waals surface area contributed by atoms with Gasteiger partial charge in [-0.1, -0.05) is 35.9 Å². The summed E-state index contributed by atoms with van der Waals surface area (Å²) in [5.74, 6) is -0.543. The summed E-state index contributed by atoms with van der Waals surface area (Å²) in [6.07, 6.45) is 1.52. The maximum absolute atomic E-state index is 14.4. The normalized spacial score (nSPS) is 10.9. The number of aromatic nitrogens is 2. The predicted molar refractivity (Wildman–Crippen MR) is 83.1 cm³/mol. The van der Waals surface area contributed by atoms with E-state index in [1.54, 1.807) is 30.3 Å². The third-order valence-electron chi connectivity index (χ3n) is 3.35. The summed E-state index contributed by atoms with van der Waals surface area (Å²) >= 11 is 5.75. The molecule has 0 atom stereocenters. The van der Waals surface area contributed by atoms with E-state index in [-0.39, 0.29) is 12.0 Å². The molecule has 3 rings (SSSR count). The van der Waals surface area contributed by atoms with Crippen LogP contribution in [0, 0.1) is 11.6 Å². The van der Waals surface area contributed by atoms with Gasteiger partial charge in [0, 0.05) is 23.6 Å². The highest BCUT2D eigenvalue weighted by Gasteiger charge is 2.13. The number of rotatable bonds is 4. The summed E-state index contributed by atoms with van der Waals surface area (Å²) < 4.78 is 28.5. The van der Waals surface area contributed by atoms with Crippen molar-refractivity contribution in [1.29, 1.82) is 0 Å². The lowest BCUT2D eigenvalue weighted by molar-refractivity contribution is 0.565. The standard InChI is InChI=1S/C16H12ClF2N3/c17-14-8-15(22-9-21-14)20-6-5-12-13(18)7-10-3-1-2-4-11(10)16(12)19/h1-4,7-9H,5-6H2,(H,20,21,22). The Balaban J connectivity index is 1.79. The quantitative estimate of drug-likeness (QED) is 0.732. The van der Waals surface area contributed by atoms with Gasteiger partial charge in [0.25, 0.3) is 0 Å². The number of hydrogen-bond donors (Lipinski definition) is 1. The van der Waals surface area contributed by atoms with Gasteiger partial charge in [-0.05, 0) is 17.9 Å². The van der Waals surface area contributed by atoms with E-state index in [1.807, 2.05) is 0 Å². The van der Waals surface area contributed by atoms with Crippen molar-refractivity contribution in [2.45, 2.75) is 6.42 Å². The topological polar surface area (TPSA) is 37.8 Å². The molecule has 0 saturated carbocycles. The second-order valence-electron chi connectivity index (χ2n) is 4.77. The predicted octanol–water partition coefficient (Wildman–Crippen LogP) is 4.22. The van der Waals surface area contributed by atoms with Crippen molar-refractivity contribution in [3.8, 4) is 0 Å². The molecule has 0 aliphatic carbocycles. The Bertz CT molecular complexity index is 824. The summed E-state index contributed by atoms with van der Waals surface area (Å²) in [4.78, 5) is 7.73. The van der Waals surface area contributed by atoms with E-state index in [2.05, 4.69) is 15.3 Å². The Morgan fingerprint density at radius 2 is 1.91 bits per heavy atom. The van der Waals surface area contributed by atoms with Gasteiger partial charge in [0.15, 0.2) is 0 Å². The van der Waals surface area contributed by atoms with Gasteiger partial charge >= 0.3 is 0 Å². The molecule has 112 valence electrons. The Morgan fingerprint density at radius 1 is 1.09 bits per heavy atom. The molecule has 3 nitrogen and oxygen atoms in total. The first kappa shape index (κ1) is 14.7. The van der Waals surface area contributed by atoms with Gasteiger partial charge in [0.1, 0.15) is 28.9 Å². The van der Waals surface area contributed by atoms with Crippen LogP contribution in [-0.4, -0.2) is 16.5 Å². The van der Waals surface area contributed by atoms with Crippen LogP contribution in [0.25, 0.3) is 10.8 Å². The molecule has 0 aliphatic heterocycles. The molecule has 22 heavy (non-hydrogen) atoms. The zero-order valence-electron chi connectivity index (χ0n) is 11.5. The molecule has 0 bridgehead atoms. The van der Waals surface area contributed by atoms with Crippen molar-refractivity contribution in [3.63, 3.8) is 0 Å². The van der Waals surface area contributed by atoms with Crippen LogP contribution in [0.4, 0.5) is 14.6 Å². The van der Waals surface area contributed by atoms with Crippen molar-refractivity contribution >= 4 is 28.2 Å². The molecule has 6 heteroatoms. The first-order valence-corrected chi connectivity index (χ1v) is 7.10. The van der Waals surface area contributed by atoms with E-state index >= 15 is 0 Å². The first-order chi connectivity index (χ1) is 10.6. The summed E-state index contributed by atoms with van der Waals surface area (Å²) in [6, 6.07) is 9.72. The molecule has 0 fully saturated rings. The van der Waals surface area contributed by atoms with Gasteiger partial charge in [0.2, 0.25) is 0 Å². The lowest BCUT2D eigenvalue weighted by Crippen LogP contribution is -2.09. The number of nitrogens with zero attached hydrogens (tertiary/aromatic N) is 2. The molecule has 1 N–H and O–H groups in total. The smallest absolute Gasteiger partial charge is 0.137 e. The lowest BCUT2D eigenvalue weighted by Gasteiger charge is -2.10. The van der Waals surface area contributed by atoms with Crippen LogP contribution >= 0.6 is 11.6 Å². The van der Waals surface area contributed by atoms with Gasteiger partial charge in [-0.3, -0.25) is 0 Å². The Morgan fingerprint density at radius 3 is 2.73 bits per heavy atom. The largest absolute Gasteiger partial charge is 0.370 e. The maximum atomic E-state index is 14.4. The summed E-state index contributed by atoms with van der Waals surface area (Å²) in [5, 5.41) is 4.25. The molecule has 1 aromatic heterocycles. The molecule has 2 aromatic carbocycles. The number of hydrogen-bond acceptors (Lipinski definition) is 3. The highest BCUT2D eigenvalue weighted by molar-refractivity contribution is 6.29. The fourth-order valence-corrected chi connectivity index (χ4v) is 2.44. The maximum Gasteiger partial charge on any atom is 0.137 e. The van der Waals surface area contributed by atoms with Crippen LogP contribution in [0.1, 0.15) is 5.56 Å². The van der Waals surface area contributed by atoms with Crippen LogP contribution in [0.5, 0.6) is 0 Å². The summed E-state index contributed by atoms with van der Waals surface area (Å²) in [6.45, 7) is 0.333. The number of benzene rings is 2. The van der Waals surface area contributed by atoms with Crippen molar-refractivity contribution in [3.05, 3.63) is 65.1 Å². The van der Waals surface area contributed by atoms with E-state index in [4.69, 9.17) is 11.6 Å². The molecule has 0 aliphatic rings. The van der Waals surface area contributed by atoms with Crippen molar-refractivity contribution in [1.82, 2.24) is 9.97 Å². The number of anilines is 1. The molecular formula is C16H12ClF2N3. The minimum atomic E-state index is -0.543. The molecule has 0 amide bonds. The minimum Gasteiger partial charge on any atom is -0.370 e. The second kappa shape index (κ2) is 6.23. The molecule has 0 spiro atoms. The van der Waals surface area contributed by atoms with Crippen LogP contribution in [0.15, 0.2) is 42.7 Å². The van der Waals surface area contributed by atoms with E-state index < -0.39 is 11.6 Å². The van der Waals surface area contributed by atoms with Gasteiger partial charge < -0.3 is 5.32 Å². The van der Waals surface area contributed by atoms with Crippen LogP contribution < -0.4 is 5.32 Å². The number of fused-ring (bicyclic) bond motifs is 1. The molecule has 3 aromatic rings. The van der Waals surface area contributed by atoms with Crippen molar-refractivity contribution < 1.29 is 8.78 Å². The zero-order valence-corrected chi connectivity index (χ0v) is 12.2.